The molecule has 3 aliphatic rings. The van der Waals surface area contributed by atoms with Crippen LogP contribution in [0.1, 0.15) is 170 Å². The van der Waals surface area contributed by atoms with Crippen LogP contribution in [0.5, 0.6) is 0 Å². The third kappa shape index (κ3) is 19.8. The molecule has 8 heteroatoms. The van der Waals surface area contributed by atoms with Gasteiger partial charge >= 0.3 is 0 Å². The number of hydrogen-bond donors (Lipinski definition) is 1. The van der Waals surface area contributed by atoms with E-state index in [1.54, 1.807) is 7.11 Å². The molecule has 0 aromatic heterocycles. The fraction of sp³-hybridized carbons (Fsp3) is 0.765. The van der Waals surface area contributed by atoms with Gasteiger partial charge in [-0.25, -0.2) is 0 Å². The standard InChI is InChI=1S/C51H83NO7/c1-37-17-12-13-19-43(26-24-37)28-29-44(34-49(55)47-22-14-15-30-52(47)57)27-25-39(3)31-40(4)41(5)33-48(54)42(6)32-38(2)18-10-8-9-11-20-45(58-7)35-46-21-16-23-51(59-46)50(56)36-53/h8-11,18,20,31,36-39,41-47,51,57H,12-17,19,21-30,32-35H2,1-7H3/b9-8+,18-10+,20-11+,40-31+. The Balaban J connectivity index is 1.43. The summed E-state index contributed by atoms with van der Waals surface area (Å²) in [6, 6.07) is -0.331. The Hall–Kier alpha value is -2.52. The summed E-state index contributed by atoms with van der Waals surface area (Å²) in [5.41, 5.74) is 1.28. The van der Waals surface area contributed by atoms with Gasteiger partial charge in [0, 0.05) is 38.8 Å². The summed E-state index contributed by atoms with van der Waals surface area (Å²) < 4.78 is 11.4. The van der Waals surface area contributed by atoms with Crippen LogP contribution in [0.4, 0.5) is 0 Å². The lowest BCUT2D eigenvalue weighted by atomic mass is 9.80. The van der Waals surface area contributed by atoms with Crippen molar-refractivity contribution in [3.05, 3.63) is 48.1 Å². The molecule has 3 rings (SSSR count). The molecule has 0 bridgehead atoms. The lowest BCUT2D eigenvalue weighted by Crippen LogP contribution is -2.43. The number of aldehydes is 1. The molecule has 0 aromatic carbocycles. The van der Waals surface area contributed by atoms with Gasteiger partial charge < -0.3 is 14.7 Å². The van der Waals surface area contributed by atoms with Crippen molar-refractivity contribution in [3.63, 3.8) is 0 Å². The molecule has 1 aliphatic carbocycles. The maximum absolute atomic E-state index is 13.5. The van der Waals surface area contributed by atoms with E-state index in [1.165, 1.54) is 55.6 Å². The van der Waals surface area contributed by atoms with Crippen molar-refractivity contribution in [1.29, 1.82) is 0 Å². The average Bonchev–Trinajstić information content (AvgIpc) is 3.21. The Bertz CT molecular complexity index is 1380. The second-order valence-corrected chi connectivity index (χ2v) is 19.1. The number of methoxy groups -OCH3 is 1. The van der Waals surface area contributed by atoms with Crippen LogP contribution in [-0.2, 0) is 28.7 Å². The SMILES string of the molecule is COC(/C=C/C=C/C=C/C(C)CC(C)C(=O)CC(C)/C(C)=C/C(C)CCC(CCC1CCCCC(C)CC1)CC(=O)C1CCCCN1O)CC1CCCC(C(=O)C=O)O1. The summed E-state index contributed by atoms with van der Waals surface area (Å²) in [5, 5.41) is 11.8. The number of ether oxygens (including phenoxy) is 2. The maximum Gasteiger partial charge on any atom is 0.223 e. The molecule has 11 atom stereocenters. The Morgan fingerprint density at radius 1 is 0.797 bits per heavy atom. The minimum Gasteiger partial charge on any atom is -0.377 e. The highest BCUT2D eigenvalue weighted by Gasteiger charge is 2.31. The number of nitrogens with zero attached hydrogens (tertiary/aromatic N) is 1. The Labute approximate surface area is 359 Å². The van der Waals surface area contributed by atoms with Gasteiger partial charge in [-0.3, -0.25) is 19.2 Å². The average molecular weight is 822 g/mol. The van der Waals surface area contributed by atoms with Crippen LogP contribution in [0.15, 0.2) is 48.1 Å². The van der Waals surface area contributed by atoms with E-state index in [2.05, 4.69) is 53.7 Å². The molecule has 0 aromatic rings. The third-order valence-electron chi connectivity index (χ3n) is 13.8. The number of carbonyl (C=O) groups excluding carboxylic acids is 4. The second-order valence-electron chi connectivity index (χ2n) is 19.1. The molecule has 59 heavy (non-hydrogen) atoms. The van der Waals surface area contributed by atoms with E-state index in [0.717, 1.165) is 69.6 Å². The second kappa shape index (κ2) is 28.2. The minimum absolute atomic E-state index is 0.0181. The van der Waals surface area contributed by atoms with Crippen molar-refractivity contribution in [1.82, 2.24) is 5.06 Å². The van der Waals surface area contributed by atoms with Crippen molar-refractivity contribution in [2.24, 2.45) is 41.4 Å². The van der Waals surface area contributed by atoms with E-state index in [1.807, 2.05) is 30.4 Å². The number of piperidine rings is 1. The molecule has 11 unspecified atom stereocenters. The molecular weight excluding hydrogens is 739 g/mol. The van der Waals surface area contributed by atoms with E-state index in [4.69, 9.17) is 9.47 Å². The lowest BCUT2D eigenvalue weighted by molar-refractivity contribution is -0.162. The predicted molar refractivity (Wildman–Crippen MR) is 239 cm³/mol. The summed E-state index contributed by atoms with van der Waals surface area (Å²) in [6.45, 7) is 13.8. The monoisotopic (exact) mass is 822 g/mol. The maximum atomic E-state index is 13.5. The number of hydroxylamine groups is 2. The molecule has 1 N–H and O–H groups in total. The van der Waals surface area contributed by atoms with Gasteiger partial charge in [0.2, 0.25) is 5.78 Å². The van der Waals surface area contributed by atoms with Crippen LogP contribution < -0.4 is 0 Å². The van der Waals surface area contributed by atoms with Gasteiger partial charge in [0.15, 0.2) is 12.1 Å². The molecule has 2 aliphatic heterocycles. The minimum atomic E-state index is -0.628. The first kappa shape index (κ1) is 50.8. The first-order chi connectivity index (χ1) is 28.3. The summed E-state index contributed by atoms with van der Waals surface area (Å²) in [6.07, 6.45) is 33.9. The predicted octanol–water partition coefficient (Wildman–Crippen LogP) is 11.6. The number of rotatable bonds is 25. The van der Waals surface area contributed by atoms with E-state index in [0.29, 0.717) is 56.1 Å². The first-order valence-corrected chi connectivity index (χ1v) is 23.7. The van der Waals surface area contributed by atoms with Gasteiger partial charge in [0.25, 0.3) is 0 Å². The fourth-order valence-electron chi connectivity index (χ4n) is 9.57. The summed E-state index contributed by atoms with van der Waals surface area (Å²) in [4.78, 5) is 49.4. The molecule has 3 fully saturated rings. The highest BCUT2D eigenvalue weighted by atomic mass is 16.5. The number of hydrogen-bond acceptors (Lipinski definition) is 8. The van der Waals surface area contributed by atoms with Crippen molar-refractivity contribution in [3.8, 4) is 0 Å². The van der Waals surface area contributed by atoms with E-state index >= 15 is 0 Å². The van der Waals surface area contributed by atoms with Gasteiger partial charge in [-0.05, 0) is 107 Å². The zero-order valence-corrected chi connectivity index (χ0v) is 38.2. The summed E-state index contributed by atoms with van der Waals surface area (Å²) in [5.74, 6) is 2.82. The van der Waals surface area contributed by atoms with Gasteiger partial charge in [-0.2, -0.15) is 5.06 Å². The van der Waals surface area contributed by atoms with Crippen LogP contribution in [0.3, 0.4) is 0 Å². The largest absolute Gasteiger partial charge is 0.377 e. The fourth-order valence-corrected chi connectivity index (χ4v) is 9.57. The van der Waals surface area contributed by atoms with E-state index < -0.39 is 11.9 Å². The number of ketones is 3. The Kier molecular flexibility index (Phi) is 24.3. The zero-order valence-electron chi connectivity index (χ0n) is 38.2. The van der Waals surface area contributed by atoms with Crippen molar-refractivity contribution >= 4 is 23.6 Å². The van der Waals surface area contributed by atoms with Crippen LogP contribution in [0, 0.1) is 41.4 Å². The number of allylic oxidation sites excluding steroid dienone is 7. The highest BCUT2D eigenvalue weighted by molar-refractivity contribution is 6.27. The van der Waals surface area contributed by atoms with Crippen LogP contribution in [-0.4, -0.2) is 71.9 Å². The van der Waals surface area contributed by atoms with Crippen LogP contribution >= 0.6 is 0 Å². The molecule has 8 nitrogen and oxygen atoms in total. The topological polar surface area (TPSA) is 110 Å². The van der Waals surface area contributed by atoms with Crippen molar-refractivity contribution in [2.45, 2.75) is 194 Å². The summed E-state index contributed by atoms with van der Waals surface area (Å²) >= 11 is 0. The lowest BCUT2D eigenvalue weighted by Gasteiger charge is -2.31. The van der Waals surface area contributed by atoms with E-state index in [-0.39, 0.29) is 41.8 Å². The Morgan fingerprint density at radius 2 is 1.53 bits per heavy atom. The van der Waals surface area contributed by atoms with Crippen molar-refractivity contribution < 1.29 is 33.9 Å². The first-order valence-electron chi connectivity index (χ1n) is 23.7. The molecular formula is C51H83NO7. The molecule has 0 amide bonds. The van der Waals surface area contributed by atoms with Crippen LogP contribution in [0.2, 0.25) is 0 Å². The normalized spacial score (nSPS) is 27.2. The van der Waals surface area contributed by atoms with Gasteiger partial charge in [0.1, 0.15) is 11.9 Å². The highest BCUT2D eigenvalue weighted by Crippen LogP contribution is 2.33. The van der Waals surface area contributed by atoms with Crippen LogP contribution in [0.25, 0.3) is 0 Å². The number of carbonyl (C=O) groups is 4. The Morgan fingerprint density at radius 3 is 2.25 bits per heavy atom. The molecule has 0 spiro atoms. The molecule has 1 saturated carbocycles. The molecule has 334 valence electrons. The smallest absolute Gasteiger partial charge is 0.223 e. The quantitative estimate of drug-likeness (QED) is 0.0419. The van der Waals surface area contributed by atoms with Gasteiger partial charge in [-0.15, -0.1) is 0 Å². The van der Waals surface area contributed by atoms with Gasteiger partial charge in [-0.1, -0.05) is 128 Å². The molecule has 2 heterocycles. The summed E-state index contributed by atoms with van der Waals surface area (Å²) in [7, 11) is 1.66. The third-order valence-corrected chi connectivity index (χ3v) is 13.8. The molecule has 0 radical (unpaired) electrons. The van der Waals surface area contributed by atoms with Crippen molar-refractivity contribution in [2.75, 3.05) is 13.7 Å². The molecule has 2 saturated heterocycles. The number of Topliss-reactive ketones (excluding diaryl/α,β-unsaturated/α-hetero) is 3. The van der Waals surface area contributed by atoms with E-state index in [9.17, 15) is 24.4 Å². The van der Waals surface area contributed by atoms with Gasteiger partial charge in [0.05, 0.1) is 18.2 Å². The zero-order chi connectivity index (χ0) is 43.2.